The molecule has 0 N–H and O–H groups in total. The molecule has 0 unspecified atom stereocenters. The Morgan fingerprint density at radius 1 is 1.35 bits per heavy atom. The predicted octanol–water partition coefficient (Wildman–Crippen LogP) is 3.72. The van der Waals surface area contributed by atoms with Gasteiger partial charge in [0.25, 0.3) is 0 Å². The number of nitrogens with zero attached hydrogens (tertiary/aromatic N) is 3. The molecule has 0 fully saturated rings. The van der Waals surface area contributed by atoms with Gasteiger partial charge < -0.3 is 4.74 Å². The number of pyridine rings is 1. The van der Waals surface area contributed by atoms with Crippen LogP contribution in [0.3, 0.4) is 0 Å². The summed E-state index contributed by atoms with van der Waals surface area (Å²) in [6, 6.07) is 10.9. The number of fused-ring (bicyclic) bond motifs is 1. The maximum Gasteiger partial charge on any atom is 0.137 e. The molecule has 0 atom stereocenters. The van der Waals surface area contributed by atoms with Crippen LogP contribution in [0.2, 0.25) is 5.15 Å². The molecule has 0 aliphatic rings. The van der Waals surface area contributed by atoms with Gasteiger partial charge in [-0.1, -0.05) is 11.6 Å². The van der Waals surface area contributed by atoms with Crippen molar-refractivity contribution in [2.24, 2.45) is 0 Å². The molecule has 0 spiro atoms. The van der Waals surface area contributed by atoms with Crippen molar-refractivity contribution in [2.45, 2.75) is 6.92 Å². The Morgan fingerprint density at radius 3 is 2.75 bits per heavy atom. The maximum atomic E-state index is 8.77. The zero-order chi connectivity index (χ0) is 14.5. The second-order valence-corrected chi connectivity index (χ2v) is 4.30. The Labute approximate surface area is 121 Å². The number of rotatable bonds is 3. The Morgan fingerprint density at radius 2 is 2.10 bits per heavy atom. The van der Waals surface area contributed by atoms with E-state index in [1.54, 1.807) is 24.3 Å². The first kappa shape index (κ1) is 13.9. The molecular formula is C15H10ClN3O. The summed E-state index contributed by atoms with van der Waals surface area (Å²) in [5.74, 6) is 0.724. The van der Waals surface area contributed by atoms with Crippen LogP contribution in [0.5, 0.6) is 5.75 Å². The summed E-state index contributed by atoms with van der Waals surface area (Å²) < 4.78 is 5.40. The van der Waals surface area contributed by atoms with Gasteiger partial charge in [0.15, 0.2) is 0 Å². The van der Waals surface area contributed by atoms with Gasteiger partial charge in [0.2, 0.25) is 0 Å². The monoisotopic (exact) mass is 283 g/mol. The van der Waals surface area contributed by atoms with Crippen LogP contribution in [0, 0.1) is 22.7 Å². The third kappa shape index (κ3) is 2.88. The van der Waals surface area contributed by atoms with Crippen molar-refractivity contribution >= 4 is 28.6 Å². The molecule has 98 valence electrons. The molecule has 0 saturated heterocycles. The number of aromatic nitrogens is 1. The molecule has 0 aliphatic heterocycles. The summed E-state index contributed by atoms with van der Waals surface area (Å²) in [6.45, 7) is 2.48. The first-order valence-corrected chi connectivity index (χ1v) is 6.30. The van der Waals surface area contributed by atoms with Gasteiger partial charge in [0.1, 0.15) is 28.6 Å². The molecule has 0 radical (unpaired) electrons. The second-order valence-electron chi connectivity index (χ2n) is 3.94. The van der Waals surface area contributed by atoms with E-state index in [-0.39, 0.29) is 10.7 Å². The minimum atomic E-state index is -0.0148. The van der Waals surface area contributed by atoms with Crippen molar-refractivity contribution in [3.05, 3.63) is 40.6 Å². The van der Waals surface area contributed by atoms with Gasteiger partial charge in [-0.3, -0.25) is 0 Å². The average molecular weight is 284 g/mol. The summed E-state index contributed by atoms with van der Waals surface area (Å²) in [5, 5.41) is 18.6. The third-order valence-electron chi connectivity index (χ3n) is 2.62. The van der Waals surface area contributed by atoms with Crippen molar-refractivity contribution in [1.82, 2.24) is 4.98 Å². The Balaban J connectivity index is 2.54. The van der Waals surface area contributed by atoms with Crippen molar-refractivity contribution < 1.29 is 4.74 Å². The fourth-order valence-corrected chi connectivity index (χ4v) is 1.94. The Bertz CT molecular complexity index is 753. The maximum absolute atomic E-state index is 8.77. The van der Waals surface area contributed by atoms with Gasteiger partial charge in [0, 0.05) is 17.0 Å². The molecule has 2 aromatic rings. The van der Waals surface area contributed by atoms with Crippen molar-refractivity contribution in [3.63, 3.8) is 0 Å². The summed E-state index contributed by atoms with van der Waals surface area (Å²) in [4.78, 5) is 4.26. The van der Waals surface area contributed by atoms with Gasteiger partial charge >= 0.3 is 0 Å². The highest BCUT2D eigenvalue weighted by Crippen LogP contribution is 2.25. The molecule has 5 heteroatoms. The topological polar surface area (TPSA) is 69.7 Å². The van der Waals surface area contributed by atoms with Gasteiger partial charge in [-0.15, -0.1) is 0 Å². The van der Waals surface area contributed by atoms with Gasteiger partial charge in [-0.25, -0.2) is 4.98 Å². The molecule has 1 heterocycles. The average Bonchev–Trinajstić information content (AvgIpc) is 2.45. The third-order valence-corrected chi connectivity index (χ3v) is 2.92. The molecule has 2 rings (SSSR count). The molecule has 20 heavy (non-hydrogen) atoms. The number of ether oxygens (including phenoxy) is 1. The first-order valence-electron chi connectivity index (χ1n) is 5.93. The molecule has 4 nitrogen and oxygen atoms in total. The van der Waals surface area contributed by atoms with E-state index >= 15 is 0 Å². The van der Waals surface area contributed by atoms with E-state index in [0.29, 0.717) is 17.7 Å². The number of allylic oxidation sites excluding steroid dienone is 1. The van der Waals surface area contributed by atoms with Crippen LogP contribution in [-0.4, -0.2) is 11.6 Å². The second kappa shape index (κ2) is 6.06. The lowest BCUT2D eigenvalue weighted by Gasteiger charge is -2.06. The smallest absolute Gasteiger partial charge is 0.137 e. The van der Waals surface area contributed by atoms with Crippen LogP contribution < -0.4 is 4.74 Å². The van der Waals surface area contributed by atoms with Crippen molar-refractivity contribution in [3.8, 4) is 17.9 Å². The van der Waals surface area contributed by atoms with E-state index in [2.05, 4.69) is 4.98 Å². The van der Waals surface area contributed by atoms with E-state index in [9.17, 15) is 0 Å². The number of benzene rings is 1. The molecule has 0 bridgehead atoms. The van der Waals surface area contributed by atoms with Crippen LogP contribution in [0.15, 0.2) is 29.8 Å². The standard InChI is InChI=1S/C15H10ClN3O/c1-2-20-13-4-3-11-6-12(5-10(8-17)9-18)15(16)19-14(11)7-13/h3-7H,2H2,1H3. The van der Waals surface area contributed by atoms with E-state index in [1.165, 1.54) is 6.08 Å². The fourth-order valence-electron chi connectivity index (χ4n) is 1.74. The predicted molar refractivity (Wildman–Crippen MR) is 77.1 cm³/mol. The number of hydrogen-bond acceptors (Lipinski definition) is 4. The molecule has 0 amide bonds. The van der Waals surface area contributed by atoms with E-state index in [1.807, 2.05) is 19.1 Å². The van der Waals surface area contributed by atoms with Crippen LogP contribution in [0.1, 0.15) is 12.5 Å². The van der Waals surface area contributed by atoms with Gasteiger partial charge in [-0.05, 0) is 31.2 Å². The van der Waals surface area contributed by atoms with Gasteiger partial charge in [-0.2, -0.15) is 10.5 Å². The summed E-state index contributed by atoms with van der Waals surface area (Å²) in [6.07, 6.45) is 1.42. The number of halogens is 1. The lowest BCUT2D eigenvalue weighted by atomic mass is 10.1. The minimum Gasteiger partial charge on any atom is -0.494 e. The van der Waals surface area contributed by atoms with Crippen LogP contribution in [0.4, 0.5) is 0 Å². The van der Waals surface area contributed by atoms with E-state index in [0.717, 1.165) is 11.1 Å². The number of hydrogen-bond donors (Lipinski definition) is 0. The van der Waals surface area contributed by atoms with Gasteiger partial charge in [0.05, 0.1) is 12.1 Å². The lowest BCUT2D eigenvalue weighted by Crippen LogP contribution is -1.92. The highest BCUT2D eigenvalue weighted by molar-refractivity contribution is 6.31. The largest absolute Gasteiger partial charge is 0.494 e. The summed E-state index contributed by atoms with van der Waals surface area (Å²) >= 11 is 6.08. The van der Waals surface area contributed by atoms with Crippen LogP contribution in [-0.2, 0) is 0 Å². The molecule has 0 aliphatic carbocycles. The Kier molecular flexibility index (Phi) is 4.20. The highest BCUT2D eigenvalue weighted by atomic mass is 35.5. The quantitative estimate of drug-likeness (QED) is 0.636. The first-order chi connectivity index (χ1) is 9.67. The van der Waals surface area contributed by atoms with Crippen molar-refractivity contribution in [2.75, 3.05) is 6.61 Å². The molecular weight excluding hydrogens is 274 g/mol. The Hall–Kier alpha value is -2.56. The van der Waals surface area contributed by atoms with Crippen LogP contribution >= 0.6 is 11.6 Å². The summed E-state index contributed by atoms with van der Waals surface area (Å²) in [5.41, 5.74) is 1.23. The summed E-state index contributed by atoms with van der Waals surface area (Å²) in [7, 11) is 0. The number of nitriles is 2. The lowest BCUT2D eigenvalue weighted by molar-refractivity contribution is 0.340. The van der Waals surface area contributed by atoms with E-state index < -0.39 is 0 Å². The fraction of sp³-hybridized carbons (Fsp3) is 0.133. The highest BCUT2D eigenvalue weighted by Gasteiger charge is 2.06. The van der Waals surface area contributed by atoms with Crippen LogP contribution in [0.25, 0.3) is 17.0 Å². The molecule has 1 aromatic carbocycles. The zero-order valence-electron chi connectivity index (χ0n) is 10.7. The minimum absolute atomic E-state index is 0.0148. The SMILES string of the molecule is CCOc1ccc2cc(C=C(C#N)C#N)c(Cl)nc2c1. The zero-order valence-corrected chi connectivity index (χ0v) is 11.5. The normalized spacial score (nSPS) is 9.60. The van der Waals surface area contributed by atoms with Crippen molar-refractivity contribution in [1.29, 1.82) is 10.5 Å². The van der Waals surface area contributed by atoms with E-state index in [4.69, 9.17) is 26.9 Å². The molecule has 0 saturated carbocycles. The molecule has 1 aromatic heterocycles.